The Bertz CT molecular complexity index is 1610. The van der Waals surface area contributed by atoms with E-state index in [0.717, 1.165) is 73.9 Å². The number of amides is 1. The number of rotatable bonds is 6. The average molecular weight is 635 g/mol. The minimum absolute atomic E-state index is 0.0196. The largest absolute Gasteiger partial charge is 0.393 e. The molecule has 1 amide bonds. The summed E-state index contributed by atoms with van der Waals surface area (Å²) in [4.78, 5) is 28.6. The molecule has 3 aromatic rings. The van der Waals surface area contributed by atoms with Crippen LogP contribution in [0.1, 0.15) is 98.2 Å². The number of piperidine rings is 1. The van der Waals surface area contributed by atoms with Gasteiger partial charge in [-0.25, -0.2) is 0 Å². The highest BCUT2D eigenvalue weighted by atomic mass is 16.3. The first kappa shape index (κ1) is 33.3. The van der Waals surface area contributed by atoms with Crippen LogP contribution in [-0.4, -0.2) is 58.1 Å². The van der Waals surface area contributed by atoms with E-state index in [1.165, 1.54) is 5.57 Å². The lowest BCUT2D eigenvalue weighted by atomic mass is 9.64. The molecule has 2 bridgehead atoms. The molecule has 4 N–H and O–H groups in total. The van der Waals surface area contributed by atoms with Crippen molar-refractivity contribution < 1.29 is 19.8 Å². The van der Waals surface area contributed by atoms with Crippen LogP contribution in [0, 0.1) is 11.3 Å². The zero-order valence-corrected chi connectivity index (χ0v) is 28.0. The highest BCUT2D eigenvalue weighted by molar-refractivity contribution is 6.10. The van der Waals surface area contributed by atoms with Gasteiger partial charge in [0.25, 0.3) is 0 Å². The Kier molecular flexibility index (Phi) is 9.84. The molecule has 2 fully saturated rings. The van der Waals surface area contributed by atoms with Crippen LogP contribution in [0.5, 0.6) is 0 Å². The summed E-state index contributed by atoms with van der Waals surface area (Å²) in [6.07, 6.45) is 8.25. The van der Waals surface area contributed by atoms with Crippen molar-refractivity contribution in [2.24, 2.45) is 17.1 Å². The van der Waals surface area contributed by atoms with Gasteiger partial charge in [0.2, 0.25) is 5.91 Å². The summed E-state index contributed by atoms with van der Waals surface area (Å²) < 4.78 is 0. The molecule has 0 aromatic heterocycles. The van der Waals surface area contributed by atoms with Gasteiger partial charge in [-0.1, -0.05) is 85.3 Å². The number of carbonyl (C=O) groups excluding carboxylic acids is 2. The molecule has 6 nitrogen and oxygen atoms in total. The maximum atomic E-state index is 14.4. The van der Waals surface area contributed by atoms with Gasteiger partial charge in [0.1, 0.15) is 0 Å². The van der Waals surface area contributed by atoms with Crippen LogP contribution in [0.4, 0.5) is 0 Å². The number of benzene rings is 3. The van der Waals surface area contributed by atoms with E-state index in [9.17, 15) is 19.8 Å². The Hall–Kier alpha value is -3.58. The fourth-order valence-electron chi connectivity index (χ4n) is 8.54. The van der Waals surface area contributed by atoms with E-state index in [0.29, 0.717) is 36.9 Å². The van der Waals surface area contributed by atoms with Gasteiger partial charge < -0.3 is 20.8 Å². The lowest BCUT2D eigenvalue weighted by Crippen LogP contribution is -2.54. The third kappa shape index (κ3) is 7.01. The molecule has 0 spiro atoms. The summed E-state index contributed by atoms with van der Waals surface area (Å²) in [6, 6.07) is 24.2. The van der Waals surface area contributed by atoms with Crippen LogP contribution >= 0.6 is 0 Å². The van der Waals surface area contributed by atoms with Crippen molar-refractivity contribution in [2.75, 3.05) is 19.6 Å². The van der Waals surface area contributed by atoms with E-state index >= 15 is 0 Å². The van der Waals surface area contributed by atoms with Crippen molar-refractivity contribution in [2.45, 2.75) is 89.3 Å². The van der Waals surface area contributed by atoms with Gasteiger partial charge in [-0.2, -0.15) is 0 Å². The van der Waals surface area contributed by atoms with Gasteiger partial charge in [0.05, 0.1) is 11.7 Å². The molecule has 4 unspecified atom stereocenters. The second-order valence-electron chi connectivity index (χ2n) is 14.7. The number of aliphatic hydroxyl groups excluding tert-OH is 1. The maximum Gasteiger partial charge on any atom is 0.220 e. The number of carbonyl (C=O) groups is 2. The molecule has 1 aliphatic heterocycles. The molecule has 248 valence electrons. The number of ketones is 1. The molecule has 4 atom stereocenters. The molecular formula is C41H50N2O4. The van der Waals surface area contributed by atoms with Crippen LogP contribution in [0.3, 0.4) is 0 Å². The fourth-order valence-corrected chi connectivity index (χ4v) is 8.54. The number of nitrogens with two attached hydrogens (primary N) is 1. The predicted molar refractivity (Wildman–Crippen MR) is 187 cm³/mol. The molecule has 7 rings (SSSR count). The number of hydrogen-bond donors (Lipinski definition) is 3. The van der Waals surface area contributed by atoms with Gasteiger partial charge in [-0.05, 0) is 112 Å². The van der Waals surface area contributed by atoms with E-state index in [1.807, 2.05) is 48.5 Å². The van der Waals surface area contributed by atoms with Crippen molar-refractivity contribution >= 4 is 11.7 Å². The van der Waals surface area contributed by atoms with Crippen molar-refractivity contribution in [3.05, 3.63) is 107 Å². The standard InChI is InChI=1S/C41H50N2O4/c1-28-7-6-21-40(2)37(18-22-41(40,47)27-43-23-19-33(20-24-43)39(42)46)35-17-11-29(25-34(44)16-10-28)26-36(35)38(45)32-14-12-31(13-15-32)30-8-4-3-5-9-30/h3-5,7-9,11-15,17,26,33-34,37,44,47H,6,10,16,18-25,27H2,1-2H3,(H2,42,46). The summed E-state index contributed by atoms with van der Waals surface area (Å²) in [5.41, 5.74) is 10.9. The molecule has 4 aliphatic rings. The number of nitrogens with zero attached hydrogens (tertiary/aromatic N) is 1. The smallest absolute Gasteiger partial charge is 0.220 e. The van der Waals surface area contributed by atoms with Gasteiger partial charge in [0, 0.05) is 29.0 Å². The monoisotopic (exact) mass is 634 g/mol. The Balaban J connectivity index is 1.37. The third-order valence-corrected chi connectivity index (χ3v) is 11.6. The Labute approximate surface area is 279 Å². The van der Waals surface area contributed by atoms with E-state index in [2.05, 4.69) is 49.1 Å². The highest BCUT2D eigenvalue weighted by Crippen LogP contribution is 2.59. The van der Waals surface area contributed by atoms with Gasteiger partial charge in [-0.15, -0.1) is 0 Å². The van der Waals surface area contributed by atoms with Gasteiger partial charge in [-0.3, -0.25) is 9.59 Å². The quantitative estimate of drug-likeness (QED) is 0.204. The predicted octanol–water partition coefficient (Wildman–Crippen LogP) is 6.82. The van der Waals surface area contributed by atoms with E-state index in [-0.39, 0.29) is 23.5 Å². The topological polar surface area (TPSA) is 104 Å². The van der Waals surface area contributed by atoms with Crippen molar-refractivity contribution in [1.29, 1.82) is 0 Å². The Morgan fingerprint density at radius 3 is 2.32 bits per heavy atom. The van der Waals surface area contributed by atoms with Crippen LogP contribution < -0.4 is 5.73 Å². The lowest BCUT2D eigenvalue weighted by Gasteiger charge is -2.47. The summed E-state index contributed by atoms with van der Waals surface area (Å²) >= 11 is 0. The molecule has 6 heteroatoms. The van der Waals surface area contributed by atoms with E-state index in [1.54, 1.807) is 0 Å². The number of primary amides is 1. The Morgan fingerprint density at radius 2 is 1.62 bits per heavy atom. The molecule has 1 heterocycles. The number of likely N-dealkylation sites (tertiary alicyclic amines) is 1. The molecular weight excluding hydrogens is 584 g/mol. The minimum Gasteiger partial charge on any atom is -0.393 e. The summed E-state index contributed by atoms with van der Waals surface area (Å²) in [5, 5.41) is 23.6. The van der Waals surface area contributed by atoms with Crippen LogP contribution in [0.15, 0.2) is 84.4 Å². The van der Waals surface area contributed by atoms with Gasteiger partial charge >= 0.3 is 0 Å². The third-order valence-electron chi connectivity index (χ3n) is 11.6. The van der Waals surface area contributed by atoms with Gasteiger partial charge in [0.15, 0.2) is 5.78 Å². The Morgan fingerprint density at radius 1 is 0.915 bits per heavy atom. The van der Waals surface area contributed by atoms with Crippen molar-refractivity contribution in [3.8, 4) is 11.1 Å². The maximum absolute atomic E-state index is 14.4. The SMILES string of the molecule is CC1=CCCC2(C)C(CCC2(O)CN2CCC(C(N)=O)CC2)c2ccc(cc2C(=O)c2ccc(-c3ccccc3)cc2)CC(O)CC1. The summed E-state index contributed by atoms with van der Waals surface area (Å²) in [7, 11) is 0. The van der Waals surface area contributed by atoms with Crippen molar-refractivity contribution in [3.63, 3.8) is 0 Å². The highest BCUT2D eigenvalue weighted by Gasteiger charge is 2.57. The molecule has 1 saturated heterocycles. The molecule has 3 aromatic carbocycles. The first-order valence-corrected chi connectivity index (χ1v) is 17.5. The number of aliphatic hydroxyl groups is 2. The average Bonchev–Trinajstić information content (AvgIpc) is 3.32. The molecule has 3 aliphatic carbocycles. The first-order chi connectivity index (χ1) is 22.6. The summed E-state index contributed by atoms with van der Waals surface area (Å²) in [5.74, 6) is -0.367. The fraction of sp³-hybridized carbons (Fsp3) is 0.463. The summed E-state index contributed by atoms with van der Waals surface area (Å²) in [6.45, 7) is 6.40. The van der Waals surface area contributed by atoms with Crippen molar-refractivity contribution in [1.82, 2.24) is 4.90 Å². The van der Waals surface area contributed by atoms with Crippen LogP contribution in [-0.2, 0) is 11.2 Å². The molecule has 1 saturated carbocycles. The molecule has 0 radical (unpaired) electrons. The minimum atomic E-state index is -0.956. The number of allylic oxidation sites excluding steroid dienone is 2. The zero-order chi connectivity index (χ0) is 33.2. The van der Waals surface area contributed by atoms with Crippen LogP contribution in [0.2, 0.25) is 0 Å². The normalized spacial score (nSPS) is 27.5. The number of hydrogen-bond acceptors (Lipinski definition) is 5. The molecule has 47 heavy (non-hydrogen) atoms. The lowest BCUT2D eigenvalue weighted by molar-refractivity contribution is -0.124. The zero-order valence-electron chi connectivity index (χ0n) is 28.0. The second-order valence-corrected chi connectivity index (χ2v) is 14.7. The van der Waals surface area contributed by atoms with Crippen LogP contribution in [0.25, 0.3) is 11.1 Å². The van der Waals surface area contributed by atoms with E-state index < -0.39 is 17.1 Å². The van der Waals surface area contributed by atoms with E-state index in [4.69, 9.17) is 5.73 Å². The number of fused-ring (bicyclic) bond motifs is 8. The first-order valence-electron chi connectivity index (χ1n) is 17.5. The second kappa shape index (κ2) is 13.9. The number of β-amino-alcohol motifs (C(OH)–C–C–N with tert-alkyl or cyclic N) is 1.